The Hall–Kier alpha value is -3.29. The van der Waals surface area contributed by atoms with Gasteiger partial charge in [-0.15, -0.1) is 0 Å². The second-order valence-electron chi connectivity index (χ2n) is 7.02. The van der Waals surface area contributed by atoms with Crippen LogP contribution < -0.4 is 16.6 Å². The van der Waals surface area contributed by atoms with E-state index in [-0.39, 0.29) is 34.5 Å². The molecular weight excluding hydrogens is 363 g/mol. The third kappa shape index (κ3) is 3.45. The van der Waals surface area contributed by atoms with Crippen molar-refractivity contribution in [3.05, 3.63) is 74.3 Å². The average molecular weight is 384 g/mol. The van der Waals surface area contributed by atoms with E-state index in [2.05, 4.69) is 10.3 Å². The molecule has 1 unspecified atom stereocenters. The first kappa shape index (κ1) is 19.5. The lowest BCUT2D eigenvalue weighted by Gasteiger charge is -2.23. The molecule has 0 fully saturated rings. The summed E-state index contributed by atoms with van der Waals surface area (Å²) in [4.78, 5) is 41.4. The van der Waals surface area contributed by atoms with Gasteiger partial charge in [0.15, 0.2) is 0 Å². The van der Waals surface area contributed by atoms with E-state index < -0.39 is 17.2 Å². The molecule has 0 saturated carbocycles. The molecule has 146 valence electrons. The number of aryl methyl sites for hydroxylation is 1. The molecule has 0 bridgehead atoms. The van der Waals surface area contributed by atoms with Gasteiger partial charge in [-0.3, -0.25) is 18.7 Å². The number of fused-ring (bicyclic) bond motifs is 1. The lowest BCUT2D eigenvalue weighted by Crippen LogP contribution is -2.38. The van der Waals surface area contributed by atoms with E-state index >= 15 is 0 Å². The number of rotatable bonds is 4. The van der Waals surface area contributed by atoms with Crippen molar-refractivity contribution in [2.45, 2.75) is 19.9 Å². The fourth-order valence-electron chi connectivity index (χ4n) is 3.10. The van der Waals surface area contributed by atoms with Gasteiger partial charge < -0.3 is 5.32 Å². The van der Waals surface area contributed by atoms with E-state index in [4.69, 9.17) is 0 Å². The van der Waals surface area contributed by atoms with Crippen molar-refractivity contribution in [3.8, 4) is 0 Å². The topological polar surface area (TPSA) is 86.0 Å². The van der Waals surface area contributed by atoms with Gasteiger partial charge in [-0.05, 0) is 35.7 Å². The minimum atomic E-state index is -0.520. The highest BCUT2D eigenvalue weighted by atomic mass is 19.1. The highest BCUT2D eigenvalue weighted by Crippen LogP contribution is 2.22. The van der Waals surface area contributed by atoms with E-state index in [9.17, 15) is 18.8 Å². The van der Waals surface area contributed by atoms with Crippen LogP contribution in [0.25, 0.3) is 11.0 Å². The lowest BCUT2D eigenvalue weighted by molar-refractivity contribution is 0.0921. The number of carbonyl (C=O) groups is 1. The van der Waals surface area contributed by atoms with Crippen molar-refractivity contribution >= 4 is 16.9 Å². The van der Waals surface area contributed by atoms with Crippen LogP contribution >= 0.6 is 0 Å². The smallest absolute Gasteiger partial charge is 0.332 e. The van der Waals surface area contributed by atoms with E-state index in [1.54, 1.807) is 12.1 Å². The zero-order valence-electron chi connectivity index (χ0n) is 16.1. The molecule has 0 aliphatic heterocycles. The van der Waals surface area contributed by atoms with Crippen LogP contribution in [0.1, 0.15) is 35.9 Å². The first-order valence-corrected chi connectivity index (χ1v) is 8.83. The summed E-state index contributed by atoms with van der Waals surface area (Å²) in [5, 5.41) is 3.15. The minimum absolute atomic E-state index is 0.0477. The number of carbonyl (C=O) groups excluding carboxylic acids is 1. The summed E-state index contributed by atoms with van der Waals surface area (Å²) in [7, 11) is 2.88. The standard InChI is InChI=1S/C20H21FN4O3/c1-11(2)16(12-5-7-13(21)8-6-12)23-18(26)15-10-9-14-17(22-15)24(3)20(28)25(4)19(14)27/h5-11,16H,1-4H3,(H,23,26). The predicted octanol–water partition coefficient (Wildman–Crippen LogP) is 1.90. The minimum Gasteiger partial charge on any atom is -0.344 e. The predicted molar refractivity (Wildman–Crippen MR) is 104 cm³/mol. The molecule has 1 aromatic carbocycles. The van der Waals surface area contributed by atoms with Gasteiger partial charge in [0.05, 0.1) is 11.4 Å². The highest BCUT2D eigenvalue weighted by molar-refractivity contribution is 5.94. The van der Waals surface area contributed by atoms with Crippen LogP contribution in [0.15, 0.2) is 46.0 Å². The zero-order chi connectivity index (χ0) is 20.6. The van der Waals surface area contributed by atoms with Crippen LogP contribution in [-0.2, 0) is 14.1 Å². The summed E-state index contributed by atoms with van der Waals surface area (Å²) in [6.07, 6.45) is 0. The van der Waals surface area contributed by atoms with Gasteiger partial charge in [-0.1, -0.05) is 26.0 Å². The molecule has 1 N–H and O–H groups in total. The Bertz CT molecular complexity index is 1160. The third-order valence-corrected chi connectivity index (χ3v) is 4.72. The number of pyridine rings is 1. The van der Waals surface area contributed by atoms with Crippen molar-refractivity contribution in [3.63, 3.8) is 0 Å². The normalized spacial score (nSPS) is 12.4. The summed E-state index contributed by atoms with van der Waals surface area (Å²) in [5.41, 5.74) is 0.0109. The maximum Gasteiger partial charge on any atom is 0.332 e. The van der Waals surface area contributed by atoms with E-state index in [1.807, 2.05) is 13.8 Å². The quantitative estimate of drug-likeness (QED) is 0.744. The Labute approximate surface area is 160 Å². The maximum absolute atomic E-state index is 13.2. The van der Waals surface area contributed by atoms with Crippen LogP contribution in [0.2, 0.25) is 0 Å². The lowest BCUT2D eigenvalue weighted by atomic mass is 9.96. The van der Waals surface area contributed by atoms with Crippen molar-refractivity contribution in [1.82, 2.24) is 19.4 Å². The molecule has 0 aliphatic rings. The number of aromatic nitrogens is 3. The fraction of sp³-hybridized carbons (Fsp3) is 0.300. The number of halogens is 1. The average Bonchev–Trinajstić information content (AvgIpc) is 2.68. The molecule has 1 atom stereocenters. The van der Waals surface area contributed by atoms with E-state index in [0.29, 0.717) is 0 Å². The number of hydrogen-bond donors (Lipinski definition) is 1. The van der Waals surface area contributed by atoms with Crippen molar-refractivity contribution in [2.24, 2.45) is 20.0 Å². The second kappa shape index (κ2) is 7.38. The van der Waals surface area contributed by atoms with Gasteiger partial charge in [0.25, 0.3) is 11.5 Å². The van der Waals surface area contributed by atoms with Gasteiger partial charge in [0, 0.05) is 14.1 Å². The van der Waals surface area contributed by atoms with Gasteiger partial charge in [-0.25, -0.2) is 14.2 Å². The van der Waals surface area contributed by atoms with Crippen molar-refractivity contribution in [1.29, 1.82) is 0 Å². The summed E-state index contributed by atoms with van der Waals surface area (Å²) in [5.74, 6) is -0.749. The molecule has 0 spiro atoms. The first-order valence-electron chi connectivity index (χ1n) is 8.83. The summed E-state index contributed by atoms with van der Waals surface area (Å²) >= 11 is 0. The summed E-state index contributed by atoms with van der Waals surface area (Å²) in [6, 6.07) is 8.53. The fourth-order valence-corrected chi connectivity index (χ4v) is 3.10. The summed E-state index contributed by atoms with van der Waals surface area (Å²) < 4.78 is 15.4. The Morgan fingerprint density at radius 3 is 2.29 bits per heavy atom. The van der Waals surface area contributed by atoms with Gasteiger partial charge in [0.1, 0.15) is 17.2 Å². The molecule has 7 nitrogen and oxygen atoms in total. The Morgan fingerprint density at radius 1 is 1.04 bits per heavy atom. The number of amides is 1. The molecule has 2 aromatic heterocycles. The molecule has 28 heavy (non-hydrogen) atoms. The molecule has 2 heterocycles. The molecule has 3 aromatic rings. The number of nitrogens with one attached hydrogen (secondary N) is 1. The van der Waals surface area contributed by atoms with Crippen molar-refractivity contribution < 1.29 is 9.18 Å². The first-order chi connectivity index (χ1) is 13.2. The number of benzene rings is 1. The SMILES string of the molecule is CC(C)C(NC(=O)c1ccc2c(=O)n(C)c(=O)n(C)c2n1)c1ccc(F)cc1. The van der Waals surface area contributed by atoms with Gasteiger partial charge in [0.2, 0.25) is 0 Å². The molecule has 3 rings (SSSR count). The van der Waals surface area contributed by atoms with Crippen LogP contribution in [0.4, 0.5) is 4.39 Å². The zero-order valence-corrected chi connectivity index (χ0v) is 16.1. The van der Waals surface area contributed by atoms with Gasteiger partial charge in [-0.2, -0.15) is 0 Å². The molecule has 8 heteroatoms. The van der Waals surface area contributed by atoms with Crippen molar-refractivity contribution in [2.75, 3.05) is 0 Å². The van der Waals surface area contributed by atoms with Crippen LogP contribution in [0.3, 0.4) is 0 Å². The Kier molecular flexibility index (Phi) is 5.13. The molecule has 0 aliphatic carbocycles. The second-order valence-corrected chi connectivity index (χ2v) is 7.02. The van der Waals surface area contributed by atoms with Crippen LogP contribution in [0, 0.1) is 11.7 Å². The largest absolute Gasteiger partial charge is 0.344 e. The number of nitrogens with zero attached hydrogens (tertiary/aromatic N) is 3. The molecule has 0 radical (unpaired) electrons. The molecule has 1 amide bonds. The Morgan fingerprint density at radius 2 is 1.68 bits per heavy atom. The van der Waals surface area contributed by atoms with Crippen LogP contribution in [0.5, 0.6) is 0 Å². The van der Waals surface area contributed by atoms with E-state index in [1.165, 1.54) is 42.9 Å². The summed E-state index contributed by atoms with van der Waals surface area (Å²) in [6.45, 7) is 3.88. The number of hydrogen-bond acceptors (Lipinski definition) is 4. The third-order valence-electron chi connectivity index (χ3n) is 4.72. The highest BCUT2D eigenvalue weighted by Gasteiger charge is 2.21. The monoisotopic (exact) mass is 384 g/mol. The van der Waals surface area contributed by atoms with Crippen LogP contribution in [-0.4, -0.2) is 20.0 Å². The molecular formula is C20H21FN4O3. The maximum atomic E-state index is 13.2. The Balaban J connectivity index is 1.99. The van der Waals surface area contributed by atoms with Gasteiger partial charge >= 0.3 is 5.69 Å². The van der Waals surface area contributed by atoms with E-state index in [0.717, 1.165) is 10.1 Å². The molecule has 0 saturated heterocycles.